The van der Waals surface area contributed by atoms with Crippen molar-refractivity contribution >= 4 is 39.3 Å². The minimum Gasteiger partial charge on any atom is -0.468 e. The van der Waals surface area contributed by atoms with Gasteiger partial charge in [0.25, 0.3) is 0 Å². The van der Waals surface area contributed by atoms with Gasteiger partial charge in [0.1, 0.15) is 15.7 Å². The first-order valence-electron chi connectivity index (χ1n) is 5.18. The lowest BCUT2D eigenvalue weighted by atomic mass is 10.4. The van der Waals surface area contributed by atoms with E-state index in [1.165, 1.54) is 18.9 Å². The molecule has 2 heterocycles. The van der Waals surface area contributed by atoms with E-state index >= 15 is 0 Å². The average Bonchev–Trinajstić information content (AvgIpc) is 2.83. The summed E-state index contributed by atoms with van der Waals surface area (Å²) in [4.78, 5) is 21.0. The van der Waals surface area contributed by atoms with E-state index in [0.29, 0.717) is 0 Å². The van der Waals surface area contributed by atoms with Crippen LogP contribution in [0, 0.1) is 0 Å². The van der Waals surface area contributed by atoms with Gasteiger partial charge in [0, 0.05) is 11.8 Å². The summed E-state index contributed by atoms with van der Waals surface area (Å²) in [6.07, 6.45) is 0.791. The van der Waals surface area contributed by atoms with Gasteiger partial charge in [0.15, 0.2) is 0 Å². The number of hydrogen-bond donors (Lipinski definition) is 0. The molecule has 0 aliphatic carbocycles. The fraction of sp³-hybridized carbons (Fsp3) is 0.364. The molecule has 6 heteroatoms. The van der Waals surface area contributed by atoms with Gasteiger partial charge in [-0.15, -0.1) is 11.3 Å². The minimum atomic E-state index is -0.241. The fourth-order valence-electron chi connectivity index (χ4n) is 1.32. The average molecular weight is 268 g/mol. The van der Waals surface area contributed by atoms with Crippen LogP contribution in [0.2, 0.25) is 0 Å². The van der Waals surface area contributed by atoms with E-state index < -0.39 is 0 Å². The Morgan fingerprint density at radius 3 is 3.06 bits per heavy atom. The van der Waals surface area contributed by atoms with E-state index in [2.05, 4.69) is 14.7 Å². The number of fused-ring (bicyclic) bond motifs is 1. The number of carbonyl (C=O) groups is 1. The van der Waals surface area contributed by atoms with Crippen molar-refractivity contribution in [2.24, 2.45) is 0 Å². The zero-order chi connectivity index (χ0) is 12.3. The third-order valence-corrected chi connectivity index (χ3v) is 3.98. The summed E-state index contributed by atoms with van der Waals surface area (Å²) in [5, 5.41) is 3.86. The predicted octanol–water partition coefficient (Wildman–Crippen LogP) is 2.52. The SMILES string of the molecule is CCc1nc(SCC(=O)OC)c2ccsc2n1. The Labute approximate surface area is 107 Å². The quantitative estimate of drug-likeness (QED) is 0.484. The third-order valence-electron chi connectivity index (χ3n) is 2.21. The Morgan fingerprint density at radius 1 is 1.53 bits per heavy atom. The van der Waals surface area contributed by atoms with Gasteiger partial charge < -0.3 is 4.74 Å². The minimum absolute atomic E-state index is 0.241. The Hall–Kier alpha value is -1.14. The molecule has 0 aromatic carbocycles. The summed E-state index contributed by atoms with van der Waals surface area (Å²) in [5.41, 5.74) is 0. The summed E-state index contributed by atoms with van der Waals surface area (Å²) in [7, 11) is 1.39. The smallest absolute Gasteiger partial charge is 0.316 e. The molecule has 0 amide bonds. The van der Waals surface area contributed by atoms with Crippen LogP contribution in [-0.4, -0.2) is 28.8 Å². The van der Waals surface area contributed by atoms with Crippen molar-refractivity contribution in [3.8, 4) is 0 Å². The number of hydrogen-bond acceptors (Lipinski definition) is 6. The van der Waals surface area contributed by atoms with Crippen LogP contribution in [-0.2, 0) is 16.0 Å². The van der Waals surface area contributed by atoms with E-state index in [-0.39, 0.29) is 11.7 Å². The molecule has 0 saturated heterocycles. The maximum Gasteiger partial charge on any atom is 0.316 e. The zero-order valence-corrected chi connectivity index (χ0v) is 11.2. The lowest BCUT2D eigenvalue weighted by molar-refractivity contribution is -0.137. The number of thiophene rings is 1. The first kappa shape index (κ1) is 12.3. The van der Waals surface area contributed by atoms with Crippen LogP contribution >= 0.6 is 23.1 Å². The fourth-order valence-corrected chi connectivity index (χ4v) is 3.03. The van der Waals surface area contributed by atoms with Crippen LogP contribution in [0.25, 0.3) is 10.2 Å². The summed E-state index contributed by atoms with van der Waals surface area (Å²) in [6, 6.07) is 1.99. The first-order valence-corrected chi connectivity index (χ1v) is 7.05. The summed E-state index contributed by atoms with van der Waals surface area (Å²) in [5.74, 6) is 0.851. The number of aryl methyl sites for hydroxylation is 1. The topological polar surface area (TPSA) is 52.1 Å². The highest BCUT2D eigenvalue weighted by atomic mass is 32.2. The Bertz CT molecular complexity index is 539. The number of nitrogens with zero attached hydrogens (tertiary/aromatic N) is 2. The molecule has 2 aromatic rings. The number of methoxy groups -OCH3 is 1. The molecule has 0 unspecified atom stereocenters. The third kappa shape index (κ3) is 2.76. The van der Waals surface area contributed by atoms with E-state index in [1.807, 2.05) is 18.4 Å². The summed E-state index contributed by atoms with van der Waals surface area (Å²) < 4.78 is 4.62. The number of thioether (sulfide) groups is 1. The monoisotopic (exact) mass is 268 g/mol. The van der Waals surface area contributed by atoms with Crippen molar-refractivity contribution in [2.45, 2.75) is 18.4 Å². The predicted molar refractivity (Wildman–Crippen MR) is 69.5 cm³/mol. The highest BCUT2D eigenvalue weighted by Crippen LogP contribution is 2.28. The summed E-state index contributed by atoms with van der Waals surface area (Å²) in [6.45, 7) is 2.02. The Morgan fingerprint density at radius 2 is 2.35 bits per heavy atom. The number of esters is 1. The molecular weight excluding hydrogens is 256 g/mol. The number of rotatable bonds is 4. The molecule has 0 atom stereocenters. The molecule has 0 N–H and O–H groups in total. The zero-order valence-electron chi connectivity index (χ0n) is 9.60. The normalized spacial score (nSPS) is 10.7. The Balaban J connectivity index is 2.30. The van der Waals surface area contributed by atoms with E-state index in [4.69, 9.17) is 0 Å². The van der Waals surface area contributed by atoms with E-state index in [9.17, 15) is 4.79 Å². The van der Waals surface area contributed by atoms with Crippen molar-refractivity contribution in [2.75, 3.05) is 12.9 Å². The second-order valence-electron chi connectivity index (χ2n) is 3.30. The molecule has 17 heavy (non-hydrogen) atoms. The lowest BCUT2D eigenvalue weighted by Crippen LogP contribution is -2.04. The first-order chi connectivity index (χ1) is 8.24. The van der Waals surface area contributed by atoms with Crippen LogP contribution < -0.4 is 0 Å². The molecule has 4 nitrogen and oxygen atoms in total. The van der Waals surface area contributed by atoms with Crippen molar-refractivity contribution < 1.29 is 9.53 Å². The van der Waals surface area contributed by atoms with Gasteiger partial charge >= 0.3 is 5.97 Å². The summed E-state index contributed by atoms with van der Waals surface area (Å²) >= 11 is 2.99. The van der Waals surface area contributed by atoms with Crippen LogP contribution in [0.1, 0.15) is 12.7 Å². The highest BCUT2D eigenvalue weighted by molar-refractivity contribution is 8.00. The van der Waals surface area contributed by atoms with Crippen molar-refractivity contribution in [1.82, 2.24) is 9.97 Å². The van der Waals surface area contributed by atoms with Gasteiger partial charge in [-0.3, -0.25) is 4.79 Å². The van der Waals surface area contributed by atoms with Crippen molar-refractivity contribution in [3.63, 3.8) is 0 Å². The maximum atomic E-state index is 11.1. The lowest BCUT2D eigenvalue weighted by Gasteiger charge is -2.03. The van der Waals surface area contributed by atoms with E-state index in [1.54, 1.807) is 11.3 Å². The second kappa shape index (κ2) is 5.46. The molecule has 2 rings (SSSR count). The van der Waals surface area contributed by atoms with Crippen LogP contribution in [0.4, 0.5) is 0 Å². The van der Waals surface area contributed by atoms with Gasteiger partial charge in [0.05, 0.1) is 12.9 Å². The molecule has 0 fully saturated rings. The van der Waals surface area contributed by atoms with Gasteiger partial charge in [-0.2, -0.15) is 0 Å². The molecule has 2 aromatic heterocycles. The number of ether oxygens (including phenoxy) is 1. The van der Waals surface area contributed by atoms with Gasteiger partial charge in [-0.1, -0.05) is 18.7 Å². The molecule has 0 radical (unpaired) electrons. The molecule has 90 valence electrons. The Kier molecular flexibility index (Phi) is 3.96. The molecule has 0 aliphatic heterocycles. The highest BCUT2D eigenvalue weighted by Gasteiger charge is 2.10. The second-order valence-corrected chi connectivity index (χ2v) is 5.16. The van der Waals surface area contributed by atoms with E-state index in [0.717, 1.165) is 27.5 Å². The standard InChI is InChI=1S/C11H12N2O2S2/c1-3-8-12-10-7(4-5-16-10)11(13-8)17-6-9(14)15-2/h4-5H,3,6H2,1-2H3. The van der Waals surface area contributed by atoms with Crippen LogP contribution in [0.5, 0.6) is 0 Å². The molecule has 0 bridgehead atoms. The number of aromatic nitrogens is 2. The molecule has 0 aliphatic rings. The molecular formula is C11H12N2O2S2. The largest absolute Gasteiger partial charge is 0.468 e. The van der Waals surface area contributed by atoms with Gasteiger partial charge in [-0.05, 0) is 11.4 Å². The molecule has 0 saturated carbocycles. The van der Waals surface area contributed by atoms with Crippen molar-refractivity contribution in [1.29, 1.82) is 0 Å². The van der Waals surface area contributed by atoms with Gasteiger partial charge in [0.2, 0.25) is 0 Å². The van der Waals surface area contributed by atoms with Crippen LogP contribution in [0.15, 0.2) is 16.5 Å². The van der Waals surface area contributed by atoms with Crippen LogP contribution in [0.3, 0.4) is 0 Å². The van der Waals surface area contributed by atoms with Gasteiger partial charge in [-0.25, -0.2) is 9.97 Å². The van der Waals surface area contributed by atoms with Crippen molar-refractivity contribution in [3.05, 3.63) is 17.3 Å². The maximum absolute atomic E-state index is 11.1. The molecule has 0 spiro atoms. The number of carbonyl (C=O) groups excluding carboxylic acids is 1.